The van der Waals surface area contributed by atoms with E-state index >= 15 is 0 Å². The molecule has 0 aliphatic heterocycles. The molecule has 0 aliphatic carbocycles. The zero-order valence-corrected chi connectivity index (χ0v) is 12.6. The summed E-state index contributed by atoms with van der Waals surface area (Å²) in [5.74, 6) is 0. The maximum absolute atomic E-state index is 5.80. The van der Waals surface area contributed by atoms with Gasteiger partial charge in [0.2, 0.25) is 0 Å². The molecule has 3 heteroatoms. The van der Waals surface area contributed by atoms with E-state index in [1.807, 2.05) is 0 Å². The molecule has 0 saturated heterocycles. The Hall–Kier alpha value is -0.900. The number of ether oxygens (including phenoxy) is 1. The monoisotopic (exact) mass is 264 g/mol. The number of hydrogen-bond acceptors (Lipinski definition) is 3. The summed E-state index contributed by atoms with van der Waals surface area (Å²) in [4.78, 5) is 2.41. The van der Waals surface area contributed by atoms with Gasteiger partial charge in [0, 0.05) is 13.1 Å². The second kappa shape index (κ2) is 8.31. The zero-order valence-electron chi connectivity index (χ0n) is 12.6. The van der Waals surface area contributed by atoms with Gasteiger partial charge in [-0.25, -0.2) is 0 Å². The molecule has 1 rings (SSSR count). The van der Waals surface area contributed by atoms with Crippen molar-refractivity contribution in [2.75, 3.05) is 26.2 Å². The standard InChI is InChI=1S/C16H28N2O/c1-16(2,3)19-13-12-18(11-7-10-17)14-15-8-5-4-6-9-15/h4-6,8-9H,7,10-14,17H2,1-3H3. The highest BCUT2D eigenvalue weighted by Crippen LogP contribution is 2.08. The van der Waals surface area contributed by atoms with Crippen LogP contribution in [0.4, 0.5) is 0 Å². The largest absolute Gasteiger partial charge is 0.375 e. The molecule has 3 nitrogen and oxygen atoms in total. The highest BCUT2D eigenvalue weighted by atomic mass is 16.5. The van der Waals surface area contributed by atoms with Crippen LogP contribution in [0.1, 0.15) is 32.8 Å². The molecule has 0 bridgehead atoms. The van der Waals surface area contributed by atoms with Gasteiger partial charge in [0.05, 0.1) is 12.2 Å². The Morgan fingerprint density at radius 1 is 1.11 bits per heavy atom. The molecule has 0 heterocycles. The van der Waals surface area contributed by atoms with Crippen molar-refractivity contribution in [3.63, 3.8) is 0 Å². The first-order valence-electron chi connectivity index (χ1n) is 7.11. The summed E-state index contributed by atoms with van der Waals surface area (Å²) in [5, 5.41) is 0. The van der Waals surface area contributed by atoms with E-state index in [0.29, 0.717) is 0 Å². The normalized spacial score (nSPS) is 12.1. The van der Waals surface area contributed by atoms with Crippen LogP contribution in [0, 0.1) is 0 Å². The van der Waals surface area contributed by atoms with Crippen LogP contribution in [-0.2, 0) is 11.3 Å². The predicted octanol–water partition coefficient (Wildman–Crippen LogP) is 2.65. The first-order chi connectivity index (χ1) is 9.01. The van der Waals surface area contributed by atoms with E-state index < -0.39 is 0 Å². The first-order valence-corrected chi connectivity index (χ1v) is 7.11. The van der Waals surface area contributed by atoms with Crippen LogP contribution in [0.2, 0.25) is 0 Å². The van der Waals surface area contributed by atoms with Crippen molar-refractivity contribution in [3.05, 3.63) is 35.9 Å². The lowest BCUT2D eigenvalue weighted by atomic mass is 10.2. The topological polar surface area (TPSA) is 38.5 Å². The average Bonchev–Trinajstić information content (AvgIpc) is 2.35. The van der Waals surface area contributed by atoms with Crippen LogP contribution >= 0.6 is 0 Å². The summed E-state index contributed by atoms with van der Waals surface area (Å²) < 4.78 is 5.80. The van der Waals surface area contributed by atoms with Crippen LogP contribution in [0.25, 0.3) is 0 Å². The Labute approximate surface area is 117 Å². The molecule has 1 aromatic carbocycles. The lowest BCUT2D eigenvalue weighted by Gasteiger charge is -2.25. The van der Waals surface area contributed by atoms with Crippen LogP contribution in [0.3, 0.4) is 0 Å². The van der Waals surface area contributed by atoms with Gasteiger partial charge >= 0.3 is 0 Å². The fraction of sp³-hybridized carbons (Fsp3) is 0.625. The first kappa shape index (κ1) is 16.2. The Kier molecular flexibility index (Phi) is 7.06. The third kappa shape index (κ3) is 7.98. The van der Waals surface area contributed by atoms with E-state index in [0.717, 1.165) is 39.2 Å². The van der Waals surface area contributed by atoms with E-state index in [9.17, 15) is 0 Å². The molecular formula is C16H28N2O. The number of nitrogens with zero attached hydrogens (tertiary/aromatic N) is 1. The molecule has 2 N–H and O–H groups in total. The summed E-state index contributed by atoms with van der Waals surface area (Å²) in [5.41, 5.74) is 6.89. The number of hydrogen-bond donors (Lipinski definition) is 1. The third-order valence-corrected chi connectivity index (χ3v) is 2.87. The Morgan fingerprint density at radius 2 is 1.79 bits per heavy atom. The van der Waals surface area contributed by atoms with Gasteiger partial charge in [-0.15, -0.1) is 0 Å². The quantitative estimate of drug-likeness (QED) is 0.784. The average molecular weight is 264 g/mol. The van der Waals surface area contributed by atoms with E-state index in [-0.39, 0.29) is 5.60 Å². The molecular weight excluding hydrogens is 236 g/mol. The number of rotatable bonds is 8. The minimum atomic E-state index is -0.0632. The van der Waals surface area contributed by atoms with E-state index in [2.05, 4.69) is 56.0 Å². The van der Waals surface area contributed by atoms with Crippen LogP contribution < -0.4 is 5.73 Å². The lowest BCUT2D eigenvalue weighted by Crippen LogP contribution is -2.32. The minimum Gasteiger partial charge on any atom is -0.375 e. The smallest absolute Gasteiger partial charge is 0.0600 e. The van der Waals surface area contributed by atoms with Crippen molar-refractivity contribution in [2.45, 2.75) is 39.3 Å². The second-order valence-electron chi connectivity index (χ2n) is 5.86. The summed E-state index contributed by atoms with van der Waals surface area (Å²) >= 11 is 0. The second-order valence-corrected chi connectivity index (χ2v) is 5.86. The molecule has 1 aromatic rings. The summed E-state index contributed by atoms with van der Waals surface area (Å²) in [6, 6.07) is 10.6. The number of benzene rings is 1. The fourth-order valence-corrected chi connectivity index (χ4v) is 1.91. The highest BCUT2D eigenvalue weighted by molar-refractivity contribution is 5.14. The van der Waals surface area contributed by atoms with Gasteiger partial charge in [0.1, 0.15) is 0 Å². The molecule has 0 saturated carbocycles. The Balaban J connectivity index is 2.42. The van der Waals surface area contributed by atoms with E-state index in [4.69, 9.17) is 10.5 Å². The fourth-order valence-electron chi connectivity index (χ4n) is 1.91. The van der Waals surface area contributed by atoms with Crippen molar-refractivity contribution in [1.29, 1.82) is 0 Å². The van der Waals surface area contributed by atoms with Crippen molar-refractivity contribution in [1.82, 2.24) is 4.90 Å². The molecule has 0 aromatic heterocycles. The summed E-state index contributed by atoms with van der Waals surface area (Å²) in [7, 11) is 0. The van der Waals surface area contributed by atoms with Crippen molar-refractivity contribution < 1.29 is 4.74 Å². The highest BCUT2D eigenvalue weighted by Gasteiger charge is 2.11. The molecule has 0 unspecified atom stereocenters. The maximum atomic E-state index is 5.80. The van der Waals surface area contributed by atoms with Gasteiger partial charge in [-0.1, -0.05) is 30.3 Å². The van der Waals surface area contributed by atoms with Gasteiger partial charge in [0.15, 0.2) is 0 Å². The third-order valence-electron chi connectivity index (χ3n) is 2.87. The minimum absolute atomic E-state index is 0.0632. The molecule has 0 amide bonds. The van der Waals surface area contributed by atoms with Crippen LogP contribution in [0.5, 0.6) is 0 Å². The SMILES string of the molecule is CC(C)(C)OCCN(CCCN)Cc1ccccc1. The van der Waals surface area contributed by atoms with Crippen molar-refractivity contribution >= 4 is 0 Å². The van der Waals surface area contributed by atoms with Gasteiger partial charge in [-0.3, -0.25) is 4.90 Å². The molecule has 0 spiro atoms. The summed E-state index contributed by atoms with van der Waals surface area (Å²) in [6.45, 7) is 10.7. The van der Waals surface area contributed by atoms with Gasteiger partial charge < -0.3 is 10.5 Å². The molecule has 0 fully saturated rings. The van der Waals surface area contributed by atoms with E-state index in [1.54, 1.807) is 0 Å². The molecule has 0 radical (unpaired) electrons. The Morgan fingerprint density at radius 3 is 2.37 bits per heavy atom. The number of nitrogens with two attached hydrogens (primary N) is 1. The van der Waals surface area contributed by atoms with Gasteiger partial charge in [-0.05, 0) is 45.8 Å². The maximum Gasteiger partial charge on any atom is 0.0600 e. The van der Waals surface area contributed by atoms with Crippen LogP contribution in [0.15, 0.2) is 30.3 Å². The summed E-state index contributed by atoms with van der Waals surface area (Å²) in [6.07, 6.45) is 1.03. The lowest BCUT2D eigenvalue weighted by molar-refractivity contribution is -0.0139. The predicted molar refractivity (Wildman–Crippen MR) is 81.1 cm³/mol. The van der Waals surface area contributed by atoms with Crippen molar-refractivity contribution in [2.24, 2.45) is 5.73 Å². The molecule has 19 heavy (non-hydrogen) atoms. The molecule has 0 aliphatic rings. The van der Waals surface area contributed by atoms with Crippen LogP contribution in [-0.4, -0.2) is 36.7 Å². The van der Waals surface area contributed by atoms with Crippen molar-refractivity contribution in [3.8, 4) is 0 Å². The molecule has 0 atom stereocenters. The molecule has 108 valence electrons. The van der Waals surface area contributed by atoms with E-state index in [1.165, 1.54) is 5.56 Å². The van der Waals surface area contributed by atoms with Gasteiger partial charge in [0.25, 0.3) is 0 Å². The Bertz CT molecular complexity index is 332. The zero-order chi connectivity index (χ0) is 14.1. The van der Waals surface area contributed by atoms with Gasteiger partial charge in [-0.2, -0.15) is 0 Å².